The van der Waals surface area contributed by atoms with E-state index in [1.165, 1.54) is 21.8 Å². The van der Waals surface area contributed by atoms with Gasteiger partial charge in [-0.05, 0) is 24.3 Å². The molecular formula is C24H19NO2S. The fourth-order valence-corrected chi connectivity index (χ4v) is 4.92. The molecule has 2 aromatic heterocycles. The van der Waals surface area contributed by atoms with Crippen LogP contribution in [0.15, 0.2) is 78.2 Å². The number of benzene rings is 3. The molecule has 0 saturated heterocycles. The van der Waals surface area contributed by atoms with Gasteiger partial charge in [0.2, 0.25) is 0 Å². The van der Waals surface area contributed by atoms with Crippen molar-refractivity contribution in [3.05, 3.63) is 78.2 Å². The number of para-hydroxylation sites is 3. The molecule has 0 aliphatic heterocycles. The third kappa shape index (κ3) is 2.42. The van der Waals surface area contributed by atoms with Crippen molar-refractivity contribution in [2.24, 2.45) is 0 Å². The molecule has 0 aliphatic rings. The smallest absolute Gasteiger partial charge is 0.161 e. The van der Waals surface area contributed by atoms with Crippen molar-refractivity contribution < 1.29 is 9.47 Å². The Morgan fingerprint density at radius 2 is 1.32 bits per heavy atom. The minimum absolute atomic E-state index is 0.844. The Hall–Kier alpha value is -3.24. The van der Waals surface area contributed by atoms with Gasteiger partial charge in [-0.2, -0.15) is 0 Å². The second kappa shape index (κ2) is 6.73. The summed E-state index contributed by atoms with van der Waals surface area (Å²) in [6.45, 7) is 0. The van der Waals surface area contributed by atoms with Gasteiger partial charge in [-0.1, -0.05) is 48.5 Å². The summed E-state index contributed by atoms with van der Waals surface area (Å²) in [6.07, 6.45) is 0. The number of aromatic nitrogens is 1. The fraction of sp³-hybridized carbons (Fsp3) is 0.0833. The lowest BCUT2D eigenvalue weighted by Crippen LogP contribution is -1.96. The summed E-state index contributed by atoms with van der Waals surface area (Å²) >= 11 is 1.67. The Kier molecular flexibility index (Phi) is 4.06. The number of ether oxygens (including phenoxy) is 2. The molecule has 0 atom stereocenters. The highest BCUT2D eigenvalue weighted by Crippen LogP contribution is 2.46. The van der Waals surface area contributed by atoms with E-state index in [1.54, 1.807) is 25.6 Å². The van der Waals surface area contributed by atoms with E-state index in [0.29, 0.717) is 0 Å². The second-order valence-electron chi connectivity index (χ2n) is 6.55. The molecule has 28 heavy (non-hydrogen) atoms. The molecule has 2 heterocycles. The van der Waals surface area contributed by atoms with Crippen molar-refractivity contribution in [1.29, 1.82) is 0 Å². The summed E-state index contributed by atoms with van der Waals surface area (Å²) < 4.78 is 13.8. The van der Waals surface area contributed by atoms with Gasteiger partial charge in [0.1, 0.15) is 11.4 Å². The van der Waals surface area contributed by atoms with Crippen molar-refractivity contribution in [2.45, 2.75) is 0 Å². The van der Waals surface area contributed by atoms with Crippen molar-refractivity contribution in [3.8, 4) is 27.6 Å². The Bertz CT molecular complexity index is 1250. The zero-order valence-corrected chi connectivity index (χ0v) is 16.5. The SMILES string of the molecule is COc1ccccc1-c1scc(-n2c3ccccc3c3ccccc32)c1OC. The van der Waals surface area contributed by atoms with Crippen LogP contribution in [0, 0.1) is 0 Å². The normalized spacial score (nSPS) is 11.2. The van der Waals surface area contributed by atoms with Gasteiger partial charge >= 0.3 is 0 Å². The number of hydrogen-bond acceptors (Lipinski definition) is 3. The lowest BCUT2D eigenvalue weighted by atomic mass is 10.1. The van der Waals surface area contributed by atoms with Gasteiger partial charge in [0.25, 0.3) is 0 Å². The van der Waals surface area contributed by atoms with Crippen LogP contribution in [0.2, 0.25) is 0 Å². The van der Waals surface area contributed by atoms with Crippen LogP contribution in [0.1, 0.15) is 0 Å². The Morgan fingerprint density at radius 1 is 0.714 bits per heavy atom. The molecule has 0 unspecified atom stereocenters. The second-order valence-corrected chi connectivity index (χ2v) is 7.43. The van der Waals surface area contributed by atoms with Gasteiger partial charge in [-0.15, -0.1) is 11.3 Å². The molecular weight excluding hydrogens is 366 g/mol. The highest BCUT2D eigenvalue weighted by molar-refractivity contribution is 7.14. The Labute approximate surface area is 167 Å². The van der Waals surface area contributed by atoms with Crippen LogP contribution in [-0.4, -0.2) is 18.8 Å². The van der Waals surface area contributed by atoms with E-state index in [2.05, 4.69) is 64.5 Å². The summed E-state index contributed by atoms with van der Waals surface area (Å²) in [5.74, 6) is 1.71. The molecule has 0 radical (unpaired) electrons. The molecule has 3 nitrogen and oxygen atoms in total. The third-order valence-corrected chi connectivity index (χ3v) is 6.09. The van der Waals surface area contributed by atoms with E-state index >= 15 is 0 Å². The first-order valence-corrected chi connectivity index (χ1v) is 9.99. The van der Waals surface area contributed by atoms with Crippen LogP contribution >= 0.6 is 11.3 Å². The van der Waals surface area contributed by atoms with Crippen LogP contribution in [0.25, 0.3) is 37.9 Å². The number of methoxy groups -OCH3 is 2. The van der Waals surface area contributed by atoms with Crippen molar-refractivity contribution in [1.82, 2.24) is 4.57 Å². The maximum Gasteiger partial charge on any atom is 0.161 e. The average Bonchev–Trinajstić information content (AvgIpc) is 3.32. The molecule has 0 amide bonds. The van der Waals surface area contributed by atoms with Crippen LogP contribution in [-0.2, 0) is 0 Å². The fourth-order valence-electron chi connectivity index (χ4n) is 3.89. The molecule has 138 valence electrons. The zero-order valence-electron chi connectivity index (χ0n) is 15.7. The molecule has 4 heteroatoms. The van der Waals surface area contributed by atoms with Crippen molar-refractivity contribution in [2.75, 3.05) is 14.2 Å². The number of thiophene rings is 1. The van der Waals surface area contributed by atoms with Gasteiger partial charge in [-0.3, -0.25) is 0 Å². The molecule has 0 bridgehead atoms. The van der Waals surface area contributed by atoms with Crippen molar-refractivity contribution in [3.63, 3.8) is 0 Å². The summed E-state index contributed by atoms with van der Waals surface area (Å²) in [7, 11) is 3.44. The van der Waals surface area contributed by atoms with E-state index in [-0.39, 0.29) is 0 Å². The summed E-state index contributed by atoms with van der Waals surface area (Å²) in [5, 5.41) is 4.65. The van der Waals surface area contributed by atoms with Crippen molar-refractivity contribution >= 4 is 33.1 Å². The van der Waals surface area contributed by atoms with Gasteiger partial charge in [0, 0.05) is 21.7 Å². The molecule has 0 spiro atoms. The number of nitrogens with zero attached hydrogens (tertiary/aromatic N) is 1. The zero-order chi connectivity index (χ0) is 19.1. The number of hydrogen-bond donors (Lipinski definition) is 0. The van der Waals surface area contributed by atoms with Crippen LogP contribution in [0.3, 0.4) is 0 Å². The average molecular weight is 385 g/mol. The highest BCUT2D eigenvalue weighted by atomic mass is 32.1. The maximum atomic E-state index is 5.93. The Morgan fingerprint density at radius 3 is 1.96 bits per heavy atom. The standard InChI is InChI=1S/C24H19NO2S/c1-26-22-14-8-5-11-18(22)24-23(27-2)21(15-28-24)25-19-12-6-3-9-16(19)17-10-4-7-13-20(17)25/h3-15H,1-2H3. The Balaban J connectivity index is 1.83. The van der Waals surface area contributed by atoms with Crippen LogP contribution < -0.4 is 9.47 Å². The molecule has 3 aromatic carbocycles. The molecule has 0 saturated carbocycles. The highest BCUT2D eigenvalue weighted by Gasteiger charge is 2.21. The quantitative estimate of drug-likeness (QED) is 0.351. The van der Waals surface area contributed by atoms with E-state index in [1.807, 2.05) is 18.2 Å². The summed E-state index contributed by atoms with van der Waals surface area (Å²) in [6, 6.07) is 25.1. The minimum atomic E-state index is 0.844. The largest absolute Gasteiger partial charge is 0.496 e. The molecule has 0 fully saturated rings. The van der Waals surface area contributed by atoms with Gasteiger partial charge < -0.3 is 14.0 Å². The summed E-state index contributed by atoms with van der Waals surface area (Å²) in [4.78, 5) is 1.07. The number of fused-ring (bicyclic) bond motifs is 3. The first-order valence-electron chi connectivity index (χ1n) is 9.11. The van der Waals surface area contributed by atoms with E-state index in [9.17, 15) is 0 Å². The maximum absolute atomic E-state index is 5.93. The van der Waals surface area contributed by atoms with E-state index in [0.717, 1.165) is 27.6 Å². The molecule has 0 aliphatic carbocycles. The summed E-state index contributed by atoms with van der Waals surface area (Å²) in [5.41, 5.74) is 4.43. The molecule has 5 aromatic rings. The van der Waals surface area contributed by atoms with Gasteiger partial charge in [-0.25, -0.2) is 0 Å². The van der Waals surface area contributed by atoms with E-state index < -0.39 is 0 Å². The van der Waals surface area contributed by atoms with Gasteiger partial charge in [0.15, 0.2) is 5.75 Å². The predicted molar refractivity (Wildman–Crippen MR) is 117 cm³/mol. The van der Waals surface area contributed by atoms with Gasteiger partial charge in [0.05, 0.1) is 30.1 Å². The van der Waals surface area contributed by atoms with Crippen LogP contribution in [0.5, 0.6) is 11.5 Å². The monoisotopic (exact) mass is 385 g/mol. The lowest BCUT2D eigenvalue weighted by molar-refractivity contribution is 0.411. The number of rotatable bonds is 4. The van der Waals surface area contributed by atoms with Crippen LogP contribution in [0.4, 0.5) is 0 Å². The molecule has 0 N–H and O–H groups in total. The lowest BCUT2D eigenvalue weighted by Gasteiger charge is -2.12. The topological polar surface area (TPSA) is 23.4 Å². The first-order chi connectivity index (χ1) is 13.8. The van der Waals surface area contributed by atoms with E-state index in [4.69, 9.17) is 9.47 Å². The minimum Gasteiger partial charge on any atom is -0.496 e. The predicted octanol–water partition coefficient (Wildman–Crippen LogP) is 6.53. The third-order valence-electron chi connectivity index (χ3n) is 5.10. The first kappa shape index (κ1) is 16.9. The molecule has 5 rings (SSSR count).